The topological polar surface area (TPSA) is 79.8 Å². The van der Waals surface area contributed by atoms with E-state index in [0.717, 1.165) is 71.4 Å². The second kappa shape index (κ2) is 7.62. The number of hydrogen-bond acceptors (Lipinski definition) is 7. The normalized spacial score (nSPS) is 18.4. The summed E-state index contributed by atoms with van der Waals surface area (Å²) in [5.41, 5.74) is 2.64. The highest BCUT2D eigenvalue weighted by atomic mass is 35.5. The molecule has 0 unspecified atom stereocenters. The zero-order chi connectivity index (χ0) is 20.8. The Hall–Kier alpha value is -2.42. The Morgan fingerprint density at radius 1 is 1.06 bits per heavy atom. The molecule has 0 aromatic carbocycles. The van der Waals surface area contributed by atoms with Gasteiger partial charge in [-0.1, -0.05) is 23.4 Å². The summed E-state index contributed by atoms with van der Waals surface area (Å²) in [6.45, 7) is 3.81. The Balaban J connectivity index is 1.24. The summed E-state index contributed by atoms with van der Waals surface area (Å²) in [6.07, 6.45) is 8.86. The van der Waals surface area contributed by atoms with Crippen molar-refractivity contribution >= 4 is 51.4 Å². The summed E-state index contributed by atoms with van der Waals surface area (Å²) >= 11 is 7.93. The number of hydrogen-bond donors (Lipinski definition) is 1. The van der Waals surface area contributed by atoms with Gasteiger partial charge in [-0.25, -0.2) is 19.9 Å². The van der Waals surface area contributed by atoms with Gasteiger partial charge in [-0.3, -0.25) is 0 Å². The van der Waals surface area contributed by atoms with Crippen LogP contribution in [-0.4, -0.2) is 51.2 Å². The van der Waals surface area contributed by atoms with Crippen molar-refractivity contribution in [2.75, 3.05) is 31.2 Å². The number of pyridine rings is 2. The molecule has 2 saturated heterocycles. The SMILES string of the molecule is Clc1cnc2[nH]ccc2c1Sc1ccc2nc(N3CCC4(CCOC4)CC3)cnc2n1. The molecule has 6 heterocycles. The number of piperidine rings is 1. The van der Waals surface area contributed by atoms with Crippen LogP contribution in [0.25, 0.3) is 22.2 Å². The average Bonchev–Trinajstić information content (AvgIpc) is 3.46. The van der Waals surface area contributed by atoms with Gasteiger partial charge in [0.05, 0.1) is 17.8 Å². The van der Waals surface area contributed by atoms with E-state index in [1.807, 2.05) is 30.6 Å². The minimum absolute atomic E-state index is 0.383. The third-order valence-electron chi connectivity index (χ3n) is 6.40. The number of halogens is 1. The maximum absolute atomic E-state index is 6.41. The molecule has 0 amide bonds. The molecule has 4 aromatic rings. The molecule has 0 radical (unpaired) electrons. The van der Waals surface area contributed by atoms with E-state index in [2.05, 4.69) is 19.9 Å². The molecular formula is C22H21ClN6OS. The molecule has 31 heavy (non-hydrogen) atoms. The molecule has 0 aliphatic carbocycles. The molecule has 9 heteroatoms. The number of nitrogens with one attached hydrogen (secondary N) is 1. The van der Waals surface area contributed by atoms with Crippen LogP contribution in [0.5, 0.6) is 0 Å². The van der Waals surface area contributed by atoms with E-state index in [1.165, 1.54) is 18.2 Å². The summed E-state index contributed by atoms with van der Waals surface area (Å²) in [4.78, 5) is 24.9. The van der Waals surface area contributed by atoms with Crippen LogP contribution in [0.2, 0.25) is 5.02 Å². The molecule has 7 nitrogen and oxygen atoms in total. The van der Waals surface area contributed by atoms with Crippen LogP contribution in [0.15, 0.2) is 46.7 Å². The van der Waals surface area contributed by atoms with Crippen molar-refractivity contribution in [3.8, 4) is 0 Å². The Kier molecular flexibility index (Phi) is 4.74. The van der Waals surface area contributed by atoms with Gasteiger partial charge in [0, 0.05) is 42.4 Å². The van der Waals surface area contributed by atoms with Crippen molar-refractivity contribution in [3.63, 3.8) is 0 Å². The van der Waals surface area contributed by atoms with E-state index in [9.17, 15) is 0 Å². The van der Waals surface area contributed by atoms with E-state index in [0.29, 0.717) is 16.1 Å². The van der Waals surface area contributed by atoms with Gasteiger partial charge in [-0.15, -0.1) is 0 Å². The van der Waals surface area contributed by atoms with E-state index in [-0.39, 0.29) is 0 Å². The van der Waals surface area contributed by atoms with Crippen molar-refractivity contribution in [3.05, 3.63) is 41.8 Å². The van der Waals surface area contributed by atoms with E-state index < -0.39 is 0 Å². The standard InChI is InChI=1S/C22H21ClN6OS/c23-15-11-25-20-14(3-7-24-20)19(15)31-18-2-1-16-21(28-18)26-12-17(27-16)29-8-4-22(5-9-29)6-10-30-13-22/h1-3,7,11-12H,4-6,8-10,13H2,(H,24,25). The minimum Gasteiger partial charge on any atom is -0.381 e. The number of ether oxygens (including phenoxy) is 1. The maximum Gasteiger partial charge on any atom is 0.179 e. The van der Waals surface area contributed by atoms with E-state index >= 15 is 0 Å². The first-order chi connectivity index (χ1) is 15.2. The lowest BCUT2D eigenvalue weighted by Gasteiger charge is -2.38. The lowest BCUT2D eigenvalue weighted by Crippen LogP contribution is -2.40. The first-order valence-corrected chi connectivity index (χ1v) is 11.6. The van der Waals surface area contributed by atoms with Gasteiger partial charge in [0.25, 0.3) is 0 Å². The predicted octanol–water partition coefficient (Wildman–Crippen LogP) is 4.71. The third-order valence-corrected chi connectivity index (χ3v) is 7.88. The van der Waals surface area contributed by atoms with Gasteiger partial charge < -0.3 is 14.6 Å². The van der Waals surface area contributed by atoms with Crippen LogP contribution in [0.1, 0.15) is 19.3 Å². The number of anilines is 1. The van der Waals surface area contributed by atoms with Crippen molar-refractivity contribution in [2.45, 2.75) is 29.2 Å². The molecule has 0 bridgehead atoms. The van der Waals surface area contributed by atoms with Gasteiger partial charge in [0.2, 0.25) is 0 Å². The fourth-order valence-electron chi connectivity index (χ4n) is 4.51. The molecule has 1 spiro atoms. The number of H-pyrrole nitrogens is 1. The summed E-state index contributed by atoms with van der Waals surface area (Å²) in [5, 5.41) is 2.42. The minimum atomic E-state index is 0.383. The zero-order valence-electron chi connectivity index (χ0n) is 16.8. The lowest BCUT2D eigenvalue weighted by atomic mass is 9.78. The van der Waals surface area contributed by atoms with Crippen molar-refractivity contribution < 1.29 is 4.74 Å². The predicted molar refractivity (Wildman–Crippen MR) is 122 cm³/mol. The number of fused-ring (bicyclic) bond motifs is 2. The van der Waals surface area contributed by atoms with Gasteiger partial charge in [-0.2, -0.15) is 0 Å². The monoisotopic (exact) mass is 452 g/mol. The quantitative estimate of drug-likeness (QED) is 0.482. The smallest absolute Gasteiger partial charge is 0.179 e. The molecular weight excluding hydrogens is 432 g/mol. The Labute approximate surface area is 188 Å². The summed E-state index contributed by atoms with van der Waals surface area (Å²) in [5.74, 6) is 0.926. The largest absolute Gasteiger partial charge is 0.381 e. The van der Waals surface area contributed by atoms with Crippen molar-refractivity contribution in [1.82, 2.24) is 24.9 Å². The fraction of sp³-hybridized carbons (Fsp3) is 0.364. The summed E-state index contributed by atoms with van der Waals surface area (Å²) in [6, 6.07) is 5.94. The van der Waals surface area contributed by atoms with Crippen LogP contribution in [0.4, 0.5) is 5.82 Å². The number of aromatic nitrogens is 5. The van der Waals surface area contributed by atoms with Gasteiger partial charge >= 0.3 is 0 Å². The second-order valence-electron chi connectivity index (χ2n) is 8.29. The van der Waals surface area contributed by atoms with Gasteiger partial charge in [0.15, 0.2) is 5.65 Å². The first-order valence-electron chi connectivity index (χ1n) is 10.5. The lowest BCUT2D eigenvalue weighted by molar-refractivity contribution is 0.133. The molecule has 0 atom stereocenters. The number of nitrogens with zero attached hydrogens (tertiary/aromatic N) is 5. The van der Waals surface area contributed by atoms with Gasteiger partial charge in [-0.05, 0) is 42.9 Å². The zero-order valence-corrected chi connectivity index (χ0v) is 18.4. The third kappa shape index (κ3) is 3.52. The van der Waals surface area contributed by atoms with Gasteiger partial charge in [0.1, 0.15) is 22.0 Å². The number of aromatic amines is 1. The Bertz CT molecular complexity index is 1260. The molecule has 4 aromatic heterocycles. The van der Waals surface area contributed by atoms with Crippen LogP contribution in [0, 0.1) is 5.41 Å². The molecule has 2 aliphatic rings. The Morgan fingerprint density at radius 3 is 2.81 bits per heavy atom. The molecule has 2 fully saturated rings. The average molecular weight is 453 g/mol. The maximum atomic E-state index is 6.41. The highest BCUT2D eigenvalue weighted by molar-refractivity contribution is 7.99. The van der Waals surface area contributed by atoms with Crippen molar-refractivity contribution in [1.29, 1.82) is 0 Å². The van der Waals surface area contributed by atoms with Crippen LogP contribution in [0.3, 0.4) is 0 Å². The molecule has 1 N–H and O–H groups in total. The van der Waals surface area contributed by atoms with Crippen LogP contribution in [-0.2, 0) is 4.74 Å². The highest BCUT2D eigenvalue weighted by Gasteiger charge is 2.38. The second-order valence-corrected chi connectivity index (χ2v) is 9.73. The van der Waals surface area contributed by atoms with E-state index in [4.69, 9.17) is 26.3 Å². The molecule has 0 saturated carbocycles. The molecule has 6 rings (SSSR count). The highest BCUT2D eigenvalue weighted by Crippen LogP contribution is 2.40. The van der Waals surface area contributed by atoms with Crippen molar-refractivity contribution in [2.24, 2.45) is 5.41 Å². The first kappa shape index (κ1) is 19.3. The number of rotatable bonds is 3. The van der Waals surface area contributed by atoms with E-state index in [1.54, 1.807) is 6.20 Å². The molecule has 158 valence electrons. The Morgan fingerprint density at radius 2 is 1.97 bits per heavy atom. The fourth-order valence-corrected chi connectivity index (χ4v) is 5.68. The molecule has 2 aliphatic heterocycles. The van der Waals surface area contributed by atoms with Crippen LogP contribution >= 0.6 is 23.4 Å². The van der Waals surface area contributed by atoms with Crippen LogP contribution < -0.4 is 4.90 Å². The summed E-state index contributed by atoms with van der Waals surface area (Å²) in [7, 11) is 0. The summed E-state index contributed by atoms with van der Waals surface area (Å²) < 4.78 is 5.65.